The maximum atomic E-state index is 12.1. The zero-order valence-electron chi connectivity index (χ0n) is 15.6. The minimum atomic E-state index is -3.19. The quantitative estimate of drug-likeness (QED) is 0.824. The first-order valence-corrected chi connectivity index (χ1v) is 10.6. The van der Waals surface area contributed by atoms with E-state index >= 15 is 0 Å². The molecular formula is C20H24N2O4S. The van der Waals surface area contributed by atoms with Crippen molar-refractivity contribution in [1.29, 1.82) is 0 Å². The molecule has 0 saturated carbocycles. The molecule has 6 nitrogen and oxygen atoms in total. The van der Waals surface area contributed by atoms with Gasteiger partial charge < -0.3 is 10.1 Å². The van der Waals surface area contributed by atoms with Crippen molar-refractivity contribution in [2.45, 2.75) is 26.7 Å². The van der Waals surface area contributed by atoms with Crippen molar-refractivity contribution in [2.75, 3.05) is 28.5 Å². The molecule has 1 saturated heterocycles. The monoisotopic (exact) mass is 388 g/mol. The number of benzene rings is 2. The van der Waals surface area contributed by atoms with Gasteiger partial charge in [-0.15, -0.1) is 0 Å². The Balaban J connectivity index is 1.51. The molecular weight excluding hydrogens is 364 g/mol. The number of nitrogens with one attached hydrogen (secondary N) is 1. The number of carbonyl (C=O) groups excluding carboxylic acids is 1. The Kier molecular flexibility index (Phi) is 5.70. The van der Waals surface area contributed by atoms with Gasteiger partial charge in [0.05, 0.1) is 24.5 Å². The van der Waals surface area contributed by atoms with Crippen molar-refractivity contribution in [3.63, 3.8) is 0 Å². The number of hydrogen-bond donors (Lipinski definition) is 1. The summed E-state index contributed by atoms with van der Waals surface area (Å²) in [7, 11) is -3.19. The predicted molar refractivity (Wildman–Crippen MR) is 107 cm³/mol. The van der Waals surface area contributed by atoms with Crippen LogP contribution in [0.25, 0.3) is 0 Å². The van der Waals surface area contributed by atoms with E-state index in [0.717, 1.165) is 16.9 Å². The minimum Gasteiger partial charge on any atom is -0.493 e. The van der Waals surface area contributed by atoms with Gasteiger partial charge in [-0.2, -0.15) is 0 Å². The second kappa shape index (κ2) is 8.00. The molecule has 144 valence electrons. The van der Waals surface area contributed by atoms with Crippen LogP contribution >= 0.6 is 0 Å². The lowest BCUT2D eigenvalue weighted by molar-refractivity contribution is -0.116. The molecule has 2 aromatic carbocycles. The van der Waals surface area contributed by atoms with Crippen molar-refractivity contribution in [3.8, 4) is 5.75 Å². The van der Waals surface area contributed by atoms with E-state index in [2.05, 4.69) is 5.32 Å². The number of ether oxygens (including phenoxy) is 1. The van der Waals surface area contributed by atoms with Gasteiger partial charge in [-0.05, 0) is 61.7 Å². The maximum absolute atomic E-state index is 12.1. The molecule has 0 atom stereocenters. The molecule has 1 amide bonds. The van der Waals surface area contributed by atoms with Crippen LogP contribution < -0.4 is 14.4 Å². The van der Waals surface area contributed by atoms with E-state index in [1.807, 2.05) is 32.0 Å². The summed E-state index contributed by atoms with van der Waals surface area (Å²) in [6.45, 7) is 4.76. The fourth-order valence-corrected chi connectivity index (χ4v) is 4.55. The summed E-state index contributed by atoms with van der Waals surface area (Å²) in [5.74, 6) is 0.826. The molecule has 0 unspecified atom stereocenters. The topological polar surface area (TPSA) is 75.7 Å². The number of hydrogen-bond acceptors (Lipinski definition) is 4. The van der Waals surface area contributed by atoms with Gasteiger partial charge in [0.15, 0.2) is 0 Å². The van der Waals surface area contributed by atoms with E-state index in [-0.39, 0.29) is 18.1 Å². The van der Waals surface area contributed by atoms with E-state index in [9.17, 15) is 13.2 Å². The molecule has 1 aliphatic heterocycles. The molecule has 0 radical (unpaired) electrons. The molecule has 1 aliphatic rings. The number of rotatable bonds is 6. The number of anilines is 2. The summed E-state index contributed by atoms with van der Waals surface area (Å²) in [6, 6.07) is 12.8. The summed E-state index contributed by atoms with van der Waals surface area (Å²) in [5.41, 5.74) is 3.41. The zero-order valence-corrected chi connectivity index (χ0v) is 16.4. The second-order valence-corrected chi connectivity index (χ2v) is 8.72. The van der Waals surface area contributed by atoms with Crippen molar-refractivity contribution in [2.24, 2.45) is 0 Å². The number of carbonyl (C=O) groups is 1. The number of sulfonamides is 1. The van der Waals surface area contributed by atoms with E-state index in [4.69, 9.17) is 4.74 Å². The lowest BCUT2D eigenvalue weighted by Crippen LogP contribution is -2.25. The average Bonchev–Trinajstić information content (AvgIpc) is 2.98. The molecule has 1 heterocycles. The van der Waals surface area contributed by atoms with Crippen LogP contribution in [0.5, 0.6) is 5.75 Å². The molecule has 3 rings (SSSR count). The summed E-state index contributed by atoms with van der Waals surface area (Å²) in [4.78, 5) is 12.1. The Morgan fingerprint density at radius 1 is 1.15 bits per heavy atom. The lowest BCUT2D eigenvalue weighted by atomic mass is 10.1. The average molecular weight is 388 g/mol. The van der Waals surface area contributed by atoms with Gasteiger partial charge in [-0.3, -0.25) is 9.10 Å². The van der Waals surface area contributed by atoms with Crippen LogP contribution in [0.4, 0.5) is 11.4 Å². The Morgan fingerprint density at radius 2 is 1.89 bits per heavy atom. The van der Waals surface area contributed by atoms with Crippen molar-refractivity contribution in [3.05, 3.63) is 53.6 Å². The Bertz CT molecular complexity index is 923. The smallest absolute Gasteiger partial charge is 0.235 e. The van der Waals surface area contributed by atoms with Crippen LogP contribution in [0.3, 0.4) is 0 Å². The molecule has 1 N–H and O–H groups in total. The summed E-state index contributed by atoms with van der Waals surface area (Å²) >= 11 is 0. The lowest BCUT2D eigenvalue weighted by Gasteiger charge is -2.17. The second-order valence-electron chi connectivity index (χ2n) is 6.70. The standard InChI is InChI=1S/C20H24N2O4S/c1-15-4-5-16(2)19(14-15)26-12-10-20(23)21-17-6-8-18(9-7-17)22-11-3-13-27(22,24)25/h4-9,14H,3,10-13H2,1-2H3,(H,21,23). The van der Waals surface area contributed by atoms with Crippen molar-refractivity contribution >= 4 is 27.3 Å². The Labute approximate surface area is 160 Å². The first-order valence-electron chi connectivity index (χ1n) is 8.95. The SMILES string of the molecule is Cc1ccc(C)c(OCCC(=O)Nc2ccc(N3CCCS3(=O)=O)cc2)c1. The van der Waals surface area contributed by atoms with Crippen LogP contribution in [-0.4, -0.2) is 33.2 Å². The van der Waals surface area contributed by atoms with Crippen LogP contribution in [0.2, 0.25) is 0 Å². The van der Waals surface area contributed by atoms with Gasteiger partial charge in [0.2, 0.25) is 15.9 Å². The van der Waals surface area contributed by atoms with Gasteiger partial charge in [0.25, 0.3) is 0 Å². The first kappa shape index (κ1) is 19.2. The molecule has 27 heavy (non-hydrogen) atoms. The maximum Gasteiger partial charge on any atom is 0.235 e. The molecule has 0 bridgehead atoms. The molecule has 0 aliphatic carbocycles. The van der Waals surface area contributed by atoms with Gasteiger partial charge in [0.1, 0.15) is 5.75 Å². The van der Waals surface area contributed by atoms with Crippen molar-refractivity contribution < 1.29 is 17.9 Å². The molecule has 1 fully saturated rings. The number of amides is 1. The fourth-order valence-electron chi connectivity index (χ4n) is 2.98. The van der Waals surface area contributed by atoms with Crippen LogP contribution in [-0.2, 0) is 14.8 Å². The van der Waals surface area contributed by atoms with Crippen LogP contribution in [0, 0.1) is 13.8 Å². The summed E-state index contributed by atoms with van der Waals surface area (Å²) < 4.78 is 31.0. The summed E-state index contributed by atoms with van der Waals surface area (Å²) in [5, 5.41) is 2.81. The van der Waals surface area contributed by atoms with Gasteiger partial charge in [0, 0.05) is 12.2 Å². The zero-order chi connectivity index (χ0) is 19.4. The Hall–Kier alpha value is -2.54. The highest BCUT2D eigenvalue weighted by Gasteiger charge is 2.28. The van der Waals surface area contributed by atoms with Gasteiger partial charge in [-0.1, -0.05) is 12.1 Å². The van der Waals surface area contributed by atoms with E-state index in [1.54, 1.807) is 24.3 Å². The third-order valence-corrected chi connectivity index (χ3v) is 6.34. The van der Waals surface area contributed by atoms with E-state index in [1.165, 1.54) is 4.31 Å². The van der Waals surface area contributed by atoms with Crippen LogP contribution in [0.15, 0.2) is 42.5 Å². The number of nitrogens with zero attached hydrogens (tertiary/aromatic N) is 1. The largest absolute Gasteiger partial charge is 0.493 e. The highest BCUT2D eigenvalue weighted by Crippen LogP contribution is 2.25. The van der Waals surface area contributed by atoms with E-state index < -0.39 is 10.0 Å². The molecule has 7 heteroatoms. The molecule has 0 aromatic heterocycles. The van der Waals surface area contributed by atoms with E-state index in [0.29, 0.717) is 30.9 Å². The summed E-state index contributed by atoms with van der Waals surface area (Å²) in [6.07, 6.45) is 0.872. The molecule has 2 aromatic rings. The fraction of sp³-hybridized carbons (Fsp3) is 0.350. The van der Waals surface area contributed by atoms with Gasteiger partial charge >= 0.3 is 0 Å². The number of aryl methyl sites for hydroxylation is 2. The normalized spacial score (nSPS) is 15.6. The van der Waals surface area contributed by atoms with Gasteiger partial charge in [-0.25, -0.2) is 8.42 Å². The molecule has 0 spiro atoms. The minimum absolute atomic E-state index is 0.151. The Morgan fingerprint density at radius 3 is 2.56 bits per heavy atom. The van der Waals surface area contributed by atoms with Crippen LogP contribution in [0.1, 0.15) is 24.0 Å². The van der Waals surface area contributed by atoms with Crippen molar-refractivity contribution in [1.82, 2.24) is 0 Å². The highest BCUT2D eigenvalue weighted by molar-refractivity contribution is 7.93. The predicted octanol–water partition coefficient (Wildman–Crippen LogP) is 3.25. The first-order chi connectivity index (χ1) is 12.8. The third kappa shape index (κ3) is 4.80. The highest BCUT2D eigenvalue weighted by atomic mass is 32.2. The third-order valence-electron chi connectivity index (χ3n) is 4.47.